The van der Waals surface area contributed by atoms with E-state index in [0.29, 0.717) is 11.8 Å². The summed E-state index contributed by atoms with van der Waals surface area (Å²) in [7, 11) is 0. The number of esters is 1. The Balaban J connectivity index is 1.81. The number of benzene rings is 2. The molecular formula is C18H16F3NO4. The third-order valence-electron chi connectivity index (χ3n) is 3.29. The van der Waals surface area contributed by atoms with Gasteiger partial charge in [0.2, 0.25) is 0 Å². The summed E-state index contributed by atoms with van der Waals surface area (Å²) >= 11 is 0. The van der Waals surface area contributed by atoms with E-state index in [4.69, 9.17) is 9.47 Å². The summed E-state index contributed by atoms with van der Waals surface area (Å²) in [4.78, 5) is 23.6. The highest BCUT2D eigenvalue weighted by molar-refractivity contribution is 5.95. The maximum Gasteiger partial charge on any atom is 0.310 e. The van der Waals surface area contributed by atoms with Crippen molar-refractivity contribution in [3.05, 3.63) is 59.9 Å². The lowest BCUT2D eigenvalue weighted by Gasteiger charge is -2.14. The van der Waals surface area contributed by atoms with Crippen LogP contribution in [0.5, 0.6) is 5.75 Å². The molecule has 2 aromatic carbocycles. The van der Waals surface area contributed by atoms with Gasteiger partial charge in [0, 0.05) is 0 Å². The van der Waals surface area contributed by atoms with Crippen LogP contribution in [0.4, 0.5) is 18.9 Å². The molecule has 1 atom stereocenters. The zero-order chi connectivity index (χ0) is 19.1. The van der Waals surface area contributed by atoms with Gasteiger partial charge in [-0.25, -0.2) is 13.2 Å². The van der Waals surface area contributed by atoms with Crippen LogP contribution in [0.15, 0.2) is 42.5 Å². The maximum absolute atomic E-state index is 13.5. The molecule has 0 radical (unpaired) electrons. The Kier molecular flexibility index (Phi) is 6.60. The number of carbonyl (C=O) groups excluding carboxylic acids is 2. The van der Waals surface area contributed by atoms with Gasteiger partial charge in [0.15, 0.2) is 23.6 Å². The van der Waals surface area contributed by atoms with Crippen molar-refractivity contribution in [2.45, 2.75) is 19.4 Å². The van der Waals surface area contributed by atoms with Gasteiger partial charge in [0.25, 0.3) is 5.91 Å². The van der Waals surface area contributed by atoms with Crippen molar-refractivity contribution in [3.63, 3.8) is 0 Å². The zero-order valence-electron chi connectivity index (χ0n) is 13.8. The van der Waals surface area contributed by atoms with Crippen LogP contribution in [0, 0.1) is 17.5 Å². The lowest BCUT2D eigenvalue weighted by molar-refractivity contribution is -0.153. The molecular weight excluding hydrogens is 351 g/mol. The summed E-state index contributed by atoms with van der Waals surface area (Å²) in [6.07, 6.45) is -1.36. The van der Waals surface area contributed by atoms with Gasteiger partial charge >= 0.3 is 5.97 Å². The highest BCUT2D eigenvalue weighted by Gasteiger charge is 2.21. The number of nitrogens with one attached hydrogen (secondary N) is 1. The Morgan fingerprint density at radius 2 is 1.73 bits per heavy atom. The van der Waals surface area contributed by atoms with E-state index in [1.807, 2.05) is 11.4 Å². The molecule has 0 aliphatic heterocycles. The SMILES string of the molecule is C[C@@H](OC(=O)CCOc1ccccc1)C(=O)Nc1ccc(F)c(F)c1F. The molecule has 0 aliphatic carbocycles. The van der Waals surface area contributed by atoms with E-state index in [0.717, 1.165) is 6.07 Å². The Morgan fingerprint density at radius 3 is 2.42 bits per heavy atom. The molecule has 0 aromatic heterocycles. The first kappa shape index (κ1) is 19.3. The van der Waals surface area contributed by atoms with Crippen molar-refractivity contribution < 1.29 is 32.2 Å². The topological polar surface area (TPSA) is 64.6 Å². The van der Waals surface area contributed by atoms with E-state index in [-0.39, 0.29) is 13.0 Å². The van der Waals surface area contributed by atoms with Crippen LogP contribution < -0.4 is 10.1 Å². The first-order chi connectivity index (χ1) is 12.4. The largest absolute Gasteiger partial charge is 0.493 e. The van der Waals surface area contributed by atoms with E-state index in [9.17, 15) is 22.8 Å². The van der Waals surface area contributed by atoms with Gasteiger partial charge < -0.3 is 14.8 Å². The Morgan fingerprint density at radius 1 is 1.04 bits per heavy atom. The van der Waals surface area contributed by atoms with Gasteiger partial charge in [-0.1, -0.05) is 18.2 Å². The molecule has 26 heavy (non-hydrogen) atoms. The molecule has 0 spiro atoms. The van der Waals surface area contributed by atoms with Crippen molar-refractivity contribution in [1.82, 2.24) is 0 Å². The fourth-order valence-electron chi connectivity index (χ4n) is 1.94. The third-order valence-corrected chi connectivity index (χ3v) is 3.29. The normalized spacial score (nSPS) is 11.5. The van der Waals surface area contributed by atoms with E-state index in [2.05, 4.69) is 0 Å². The second-order valence-electron chi connectivity index (χ2n) is 5.26. The number of hydrogen-bond acceptors (Lipinski definition) is 4. The third kappa shape index (κ3) is 5.23. The number of para-hydroxylation sites is 1. The molecule has 1 amide bonds. The van der Waals surface area contributed by atoms with Crippen LogP contribution in [0.1, 0.15) is 13.3 Å². The van der Waals surface area contributed by atoms with Gasteiger partial charge in [0.1, 0.15) is 5.75 Å². The second-order valence-corrected chi connectivity index (χ2v) is 5.26. The molecule has 0 unspecified atom stereocenters. The molecule has 1 N–H and O–H groups in total. The predicted octanol–water partition coefficient (Wildman–Crippen LogP) is 3.44. The fraction of sp³-hybridized carbons (Fsp3) is 0.222. The molecule has 138 valence electrons. The molecule has 0 saturated heterocycles. The standard InChI is InChI=1S/C18H16F3NO4/c1-11(18(24)22-14-8-7-13(19)16(20)17(14)21)26-15(23)9-10-25-12-5-3-2-4-6-12/h2-8,11H,9-10H2,1H3,(H,22,24)/t11-/m1/s1. The minimum absolute atomic E-state index is 0.0506. The number of amides is 1. The van der Waals surface area contributed by atoms with E-state index < -0.39 is 41.1 Å². The Bertz CT molecular complexity index is 784. The van der Waals surface area contributed by atoms with E-state index >= 15 is 0 Å². The molecule has 2 rings (SSSR count). The van der Waals surface area contributed by atoms with Crippen LogP contribution in [-0.4, -0.2) is 24.6 Å². The second kappa shape index (κ2) is 8.89. The molecule has 0 saturated carbocycles. The molecule has 0 aliphatic rings. The molecule has 2 aromatic rings. The summed E-state index contributed by atoms with van der Waals surface area (Å²) < 4.78 is 49.7. The lowest BCUT2D eigenvalue weighted by Crippen LogP contribution is -2.30. The van der Waals surface area contributed by atoms with Crippen molar-refractivity contribution in [1.29, 1.82) is 0 Å². The Hall–Kier alpha value is -3.03. The average molecular weight is 367 g/mol. The molecule has 0 heterocycles. The molecule has 0 fully saturated rings. The van der Waals surface area contributed by atoms with Gasteiger partial charge in [-0.15, -0.1) is 0 Å². The van der Waals surface area contributed by atoms with Gasteiger partial charge in [0.05, 0.1) is 18.7 Å². The number of ether oxygens (including phenoxy) is 2. The summed E-state index contributed by atoms with van der Waals surface area (Å²) in [5, 5.41) is 2.04. The first-order valence-corrected chi connectivity index (χ1v) is 7.70. The van der Waals surface area contributed by atoms with Crippen LogP contribution in [0.25, 0.3) is 0 Å². The van der Waals surface area contributed by atoms with Crippen molar-refractivity contribution in [2.24, 2.45) is 0 Å². The van der Waals surface area contributed by atoms with Crippen LogP contribution in [0.2, 0.25) is 0 Å². The minimum atomic E-state index is -1.70. The van der Waals surface area contributed by atoms with Crippen LogP contribution >= 0.6 is 0 Å². The number of halogens is 3. The fourth-order valence-corrected chi connectivity index (χ4v) is 1.94. The van der Waals surface area contributed by atoms with Gasteiger partial charge in [-0.2, -0.15) is 0 Å². The number of anilines is 1. The van der Waals surface area contributed by atoms with Gasteiger partial charge in [-0.3, -0.25) is 9.59 Å². The highest BCUT2D eigenvalue weighted by atomic mass is 19.2. The summed E-state index contributed by atoms with van der Waals surface area (Å²) in [6.45, 7) is 1.32. The highest BCUT2D eigenvalue weighted by Crippen LogP contribution is 2.20. The van der Waals surface area contributed by atoms with Crippen molar-refractivity contribution >= 4 is 17.6 Å². The number of carbonyl (C=O) groups is 2. The first-order valence-electron chi connectivity index (χ1n) is 7.70. The van der Waals surface area contributed by atoms with Crippen molar-refractivity contribution in [2.75, 3.05) is 11.9 Å². The van der Waals surface area contributed by atoms with Crippen LogP contribution in [0.3, 0.4) is 0 Å². The quantitative estimate of drug-likeness (QED) is 0.601. The maximum atomic E-state index is 13.5. The molecule has 0 bridgehead atoms. The molecule has 5 nitrogen and oxygen atoms in total. The number of hydrogen-bond donors (Lipinski definition) is 1. The van der Waals surface area contributed by atoms with E-state index in [1.54, 1.807) is 24.3 Å². The zero-order valence-corrected chi connectivity index (χ0v) is 13.8. The molecule has 8 heteroatoms. The Labute approximate surface area is 147 Å². The predicted molar refractivity (Wildman–Crippen MR) is 87.1 cm³/mol. The lowest BCUT2D eigenvalue weighted by atomic mass is 10.2. The number of rotatable bonds is 7. The van der Waals surface area contributed by atoms with Crippen LogP contribution in [-0.2, 0) is 14.3 Å². The van der Waals surface area contributed by atoms with Gasteiger partial charge in [-0.05, 0) is 31.2 Å². The summed E-state index contributed by atoms with van der Waals surface area (Å²) in [5.41, 5.74) is -0.552. The summed E-state index contributed by atoms with van der Waals surface area (Å²) in [5.74, 6) is -5.61. The minimum Gasteiger partial charge on any atom is -0.493 e. The smallest absolute Gasteiger partial charge is 0.310 e. The average Bonchev–Trinajstić information content (AvgIpc) is 2.63. The summed E-state index contributed by atoms with van der Waals surface area (Å²) in [6, 6.07) is 10.3. The van der Waals surface area contributed by atoms with Crippen molar-refractivity contribution in [3.8, 4) is 5.75 Å². The van der Waals surface area contributed by atoms with E-state index in [1.165, 1.54) is 6.92 Å². The monoisotopic (exact) mass is 367 g/mol.